The van der Waals surface area contributed by atoms with Gasteiger partial charge in [0.15, 0.2) is 0 Å². The normalized spacial score (nSPS) is 14.3. The van der Waals surface area contributed by atoms with E-state index in [2.05, 4.69) is 0 Å². The van der Waals surface area contributed by atoms with Gasteiger partial charge in [0.05, 0.1) is 4.90 Å². The average molecular weight is 284 g/mol. The van der Waals surface area contributed by atoms with Gasteiger partial charge in [-0.2, -0.15) is 0 Å². The van der Waals surface area contributed by atoms with Crippen molar-refractivity contribution < 1.29 is 18.1 Å². The number of hydrogen-bond acceptors (Lipinski definition) is 5. The molecule has 0 saturated heterocycles. The van der Waals surface area contributed by atoms with Gasteiger partial charge in [-0.3, -0.25) is 14.9 Å². The number of fused-ring (bicyclic) bond motifs is 1. The van der Waals surface area contributed by atoms with E-state index in [4.69, 9.17) is 0 Å². The highest BCUT2D eigenvalue weighted by Crippen LogP contribution is 2.30. The smallest absolute Gasteiger partial charge is 0.305 e. The van der Waals surface area contributed by atoms with Gasteiger partial charge in [-0.05, 0) is 30.2 Å². The molecule has 7 nitrogen and oxygen atoms in total. The van der Waals surface area contributed by atoms with Crippen LogP contribution < -0.4 is 4.90 Å². The van der Waals surface area contributed by atoms with Crippen molar-refractivity contribution in [3.8, 4) is 0 Å². The molecule has 19 heavy (non-hydrogen) atoms. The monoisotopic (exact) mass is 284 g/mol. The van der Waals surface area contributed by atoms with Crippen molar-refractivity contribution in [2.45, 2.75) is 18.2 Å². The molecule has 0 unspecified atom stereocenters. The van der Waals surface area contributed by atoms with Crippen molar-refractivity contribution in [1.29, 1.82) is 0 Å². The Balaban J connectivity index is 2.39. The van der Waals surface area contributed by atoms with Gasteiger partial charge in [0.1, 0.15) is 0 Å². The van der Waals surface area contributed by atoms with Gasteiger partial charge in [-0.1, -0.05) is 0 Å². The van der Waals surface area contributed by atoms with E-state index in [0.29, 0.717) is 18.7 Å². The predicted molar refractivity (Wildman–Crippen MR) is 67.2 cm³/mol. The van der Waals surface area contributed by atoms with Crippen molar-refractivity contribution in [3.05, 3.63) is 33.9 Å². The van der Waals surface area contributed by atoms with E-state index in [1.165, 1.54) is 25.1 Å². The van der Waals surface area contributed by atoms with Crippen LogP contribution in [0.3, 0.4) is 0 Å². The first-order valence-corrected chi connectivity index (χ1v) is 7.22. The van der Waals surface area contributed by atoms with Crippen molar-refractivity contribution in [2.75, 3.05) is 17.3 Å². The van der Waals surface area contributed by atoms with Gasteiger partial charge in [-0.25, -0.2) is 8.42 Å². The third-order valence-corrected chi connectivity index (χ3v) is 4.48. The van der Waals surface area contributed by atoms with E-state index in [0.717, 1.165) is 5.56 Å². The first kappa shape index (κ1) is 13.5. The lowest BCUT2D eigenvalue weighted by Gasteiger charge is -2.14. The van der Waals surface area contributed by atoms with Crippen LogP contribution in [-0.4, -0.2) is 31.7 Å². The molecule has 1 aliphatic heterocycles. The lowest BCUT2D eigenvalue weighted by atomic mass is 10.2. The molecule has 1 aromatic carbocycles. The second kappa shape index (κ2) is 4.61. The van der Waals surface area contributed by atoms with Crippen LogP contribution in [-0.2, 0) is 21.1 Å². The highest BCUT2D eigenvalue weighted by Gasteiger charge is 2.26. The van der Waals surface area contributed by atoms with Crippen LogP contribution in [0.25, 0.3) is 0 Å². The standard InChI is InChI=1S/C11H12N2O5S/c1-8(14)12-5-4-9-6-10(2-3-11(9)12)19(17,18)7-13(15)16/h2-3,6H,4-5,7H2,1H3. The number of amides is 1. The molecule has 102 valence electrons. The fourth-order valence-corrected chi connectivity index (χ4v) is 3.14. The van der Waals surface area contributed by atoms with Crippen LogP contribution in [0.1, 0.15) is 12.5 Å². The predicted octanol–water partition coefficient (Wildman–Crippen LogP) is 0.604. The van der Waals surface area contributed by atoms with E-state index in [-0.39, 0.29) is 10.8 Å². The zero-order valence-electron chi connectivity index (χ0n) is 10.2. The number of anilines is 1. The Bertz CT molecular complexity index is 653. The Kier molecular flexibility index (Phi) is 3.27. The minimum Gasteiger partial charge on any atom is -0.312 e. The van der Waals surface area contributed by atoms with Crippen LogP contribution >= 0.6 is 0 Å². The topological polar surface area (TPSA) is 97.6 Å². The number of nitro groups is 1. The minimum atomic E-state index is -3.92. The third kappa shape index (κ3) is 2.58. The molecular weight excluding hydrogens is 272 g/mol. The molecule has 1 heterocycles. The maximum absolute atomic E-state index is 11.7. The molecule has 1 aliphatic rings. The van der Waals surface area contributed by atoms with Crippen molar-refractivity contribution in [2.24, 2.45) is 0 Å². The first-order valence-electron chi connectivity index (χ1n) is 5.57. The largest absolute Gasteiger partial charge is 0.312 e. The Morgan fingerprint density at radius 3 is 2.74 bits per heavy atom. The van der Waals surface area contributed by atoms with Crippen LogP contribution in [0.4, 0.5) is 5.69 Å². The second-order valence-corrected chi connectivity index (χ2v) is 6.25. The molecule has 0 atom stereocenters. The van der Waals surface area contributed by atoms with E-state index >= 15 is 0 Å². The van der Waals surface area contributed by atoms with Gasteiger partial charge >= 0.3 is 5.88 Å². The summed E-state index contributed by atoms with van der Waals surface area (Å²) in [5.74, 6) is -1.23. The minimum absolute atomic E-state index is 0.0756. The van der Waals surface area contributed by atoms with E-state index in [1.54, 1.807) is 4.90 Å². The maximum Gasteiger partial charge on any atom is 0.305 e. The summed E-state index contributed by atoms with van der Waals surface area (Å²) in [6, 6.07) is 4.24. The lowest BCUT2D eigenvalue weighted by molar-refractivity contribution is -0.458. The number of carbonyl (C=O) groups excluding carboxylic acids is 1. The van der Waals surface area contributed by atoms with Crippen LogP contribution in [0, 0.1) is 10.1 Å². The molecule has 0 N–H and O–H groups in total. The maximum atomic E-state index is 11.7. The summed E-state index contributed by atoms with van der Waals surface area (Å²) in [4.78, 5) is 22.3. The van der Waals surface area contributed by atoms with Crippen molar-refractivity contribution >= 4 is 21.4 Å². The molecule has 8 heteroatoms. The number of rotatable bonds is 3. The van der Waals surface area contributed by atoms with Crippen LogP contribution in [0.2, 0.25) is 0 Å². The molecule has 1 amide bonds. The van der Waals surface area contributed by atoms with Crippen LogP contribution in [0.5, 0.6) is 0 Å². The van der Waals surface area contributed by atoms with Gasteiger partial charge in [-0.15, -0.1) is 0 Å². The summed E-state index contributed by atoms with van der Waals surface area (Å²) in [7, 11) is -3.92. The highest BCUT2D eigenvalue weighted by molar-refractivity contribution is 7.91. The number of sulfone groups is 1. The molecule has 0 saturated carbocycles. The summed E-state index contributed by atoms with van der Waals surface area (Å²) in [6.45, 7) is 1.94. The molecule has 0 fully saturated rings. The highest BCUT2D eigenvalue weighted by atomic mass is 32.2. The average Bonchev–Trinajstić information content (AvgIpc) is 2.69. The van der Waals surface area contributed by atoms with Gasteiger partial charge in [0.2, 0.25) is 15.7 Å². The second-order valence-electron chi connectivity index (χ2n) is 4.29. The lowest BCUT2D eigenvalue weighted by Crippen LogP contribution is -2.25. The zero-order valence-corrected chi connectivity index (χ0v) is 11.0. The summed E-state index contributed by atoms with van der Waals surface area (Å²) in [6.07, 6.45) is 0.552. The molecular formula is C11H12N2O5S. The molecule has 2 rings (SSSR count). The van der Waals surface area contributed by atoms with E-state index in [1.807, 2.05) is 0 Å². The zero-order chi connectivity index (χ0) is 14.2. The van der Waals surface area contributed by atoms with Gasteiger partial charge in [0, 0.05) is 24.1 Å². The number of carbonyl (C=O) groups is 1. The SMILES string of the molecule is CC(=O)N1CCc2cc(S(=O)(=O)C[N+](=O)[O-])ccc21. The first-order chi connectivity index (χ1) is 8.81. The number of nitrogens with zero attached hydrogens (tertiary/aromatic N) is 2. The Morgan fingerprint density at radius 2 is 2.16 bits per heavy atom. The number of hydrogen-bond donors (Lipinski definition) is 0. The van der Waals surface area contributed by atoms with Gasteiger partial charge < -0.3 is 4.90 Å². The Labute approximate surface area is 109 Å². The van der Waals surface area contributed by atoms with E-state index < -0.39 is 20.6 Å². The van der Waals surface area contributed by atoms with Crippen molar-refractivity contribution in [1.82, 2.24) is 0 Å². The summed E-state index contributed by atoms with van der Waals surface area (Å²) in [5, 5.41) is 10.3. The summed E-state index contributed by atoms with van der Waals surface area (Å²) >= 11 is 0. The summed E-state index contributed by atoms with van der Waals surface area (Å²) in [5.41, 5.74) is 1.40. The fraction of sp³-hybridized carbons (Fsp3) is 0.364. The third-order valence-electron chi connectivity index (χ3n) is 2.96. The molecule has 0 bridgehead atoms. The Morgan fingerprint density at radius 1 is 1.47 bits per heavy atom. The van der Waals surface area contributed by atoms with Crippen LogP contribution in [0.15, 0.2) is 23.1 Å². The molecule has 1 aromatic rings. The molecule has 0 aliphatic carbocycles. The molecule has 0 radical (unpaired) electrons. The molecule has 0 spiro atoms. The van der Waals surface area contributed by atoms with E-state index in [9.17, 15) is 23.3 Å². The fourth-order valence-electron chi connectivity index (χ4n) is 2.11. The molecule has 0 aromatic heterocycles. The van der Waals surface area contributed by atoms with Gasteiger partial charge in [0.25, 0.3) is 0 Å². The number of benzene rings is 1. The Hall–Kier alpha value is -1.96. The van der Waals surface area contributed by atoms with Crippen molar-refractivity contribution in [3.63, 3.8) is 0 Å². The summed E-state index contributed by atoms with van der Waals surface area (Å²) < 4.78 is 23.5. The quantitative estimate of drug-likeness (QED) is 0.598.